The molecule has 189 valence electrons. The molecule has 20 heteroatoms. The van der Waals surface area contributed by atoms with E-state index < -0.39 is 62.4 Å². The van der Waals surface area contributed by atoms with Gasteiger partial charge in [0.05, 0.1) is 21.2 Å². The Hall–Kier alpha value is -0.480. The third-order valence-electron chi connectivity index (χ3n) is 4.41. The molecule has 0 saturated heterocycles. The van der Waals surface area contributed by atoms with Gasteiger partial charge in [0.15, 0.2) is 5.75 Å². The average molecular weight is 614 g/mol. The molecule has 38 heavy (non-hydrogen) atoms. The first-order chi connectivity index (χ1) is 16.0. The predicted molar refractivity (Wildman–Crippen MR) is 137 cm³/mol. The molecule has 0 atom stereocenters. The van der Waals surface area contributed by atoms with Crippen molar-refractivity contribution in [1.82, 2.24) is 0 Å². The third-order valence-corrected chi connectivity index (χ3v) is 6.98. The summed E-state index contributed by atoms with van der Waals surface area (Å²) in [5.74, 6) is -1.64. The van der Waals surface area contributed by atoms with Crippen LogP contribution in [0, 0.1) is 0 Å². The number of carbonyl (C=O) groups is 1. The van der Waals surface area contributed by atoms with Gasteiger partial charge in [-0.3, -0.25) is 18.5 Å². The van der Waals surface area contributed by atoms with Gasteiger partial charge in [-0.25, -0.2) is 0 Å². The van der Waals surface area contributed by atoms with Gasteiger partial charge in [0.2, 0.25) is 5.91 Å². The Morgan fingerprint density at radius 2 is 1.29 bits per heavy atom. The zero-order valence-corrected chi connectivity index (χ0v) is 28.8. The summed E-state index contributed by atoms with van der Waals surface area (Å²) in [6, 6.07) is 6.47. The SMILES string of the molecule is CC(=O)Nc1cc(S(=O)(=O)O)cc2cc(S(=O)(=O)O)c(N=Nc3ccc(S(=O)(=O)O)cc3)c(O)c12.[Na].[Na].[Na]. The van der Waals surface area contributed by atoms with Gasteiger partial charge in [0.25, 0.3) is 30.4 Å². The standard InChI is InChI=1S/C18H15N3O11S3.3Na/c1-9(22)19-14-8-13(34(27,28)29)6-10-7-15(35(30,31)32)17(18(23)16(10)14)21-20-11-2-4-12(5-3-11)33(24,25)26;;;/h2-8,23H,1H3,(H,19,22)(H,24,25,26)(H,27,28,29)(H,30,31,32);;;. The van der Waals surface area contributed by atoms with E-state index in [-0.39, 0.29) is 111 Å². The Balaban J connectivity index is 0.00000456. The quantitative estimate of drug-likeness (QED) is 0.152. The Labute approximate surface area is 283 Å². The summed E-state index contributed by atoms with van der Waals surface area (Å²) < 4.78 is 97.5. The minimum Gasteiger partial charge on any atom is -0.505 e. The van der Waals surface area contributed by atoms with E-state index in [1.807, 2.05) is 0 Å². The molecular formula is C18H15N3Na3O11S3. The van der Waals surface area contributed by atoms with E-state index in [1.54, 1.807) is 0 Å². The molecule has 0 heterocycles. The van der Waals surface area contributed by atoms with Gasteiger partial charge in [-0.2, -0.15) is 30.4 Å². The molecule has 3 aromatic rings. The van der Waals surface area contributed by atoms with Crippen LogP contribution in [0.25, 0.3) is 10.8 Å². The van der Waals surface area contributed by atoms with E-state index in [0.717, 1.165) is 49.4 Å². The number of aromatic hydroxyl groups is 1. The zero-order chi connectivity index (χ0) is 26.3. The molecule has 0 aliphatic carbocycles. The van der Waals surface area contributed by atoms with Gasteiger partial charge in [-0.05, 0) is 47.9 Å². The van der Waals surface area contributed by atoms with Crippen LogP contribution in [0.15, 0.2) is 67.4 Å². The van der Waals surface area contributed by atoms with Gasteiger partial charge < -0.3 is 10.4 Å². The van der Waals surface area contributed by atoms with E-state index in [1.165, 1.54) is 0 Å². The number of phenolic OH excluding ortho intramolecular Hbond substituents is 1. The van der Waals surface area contributed by atoms with Crippen molar-refractivity contribution >= 4 is 153 Å². The topological polar surface area (TPSA) is 237 Å². The number of azo groups is 1. The predicted octanol–water partition coefficient (Wildman–Crippen LogP) is 1.52. The molecule has 3 aromatic carbocycles. The van der Waals surface area contributed by atoms with Crippen molar-refractivity contribution in [3.05, 3.63) is 42.5 Å². The minimum absolute atomic E-state index is 0. The minimum atomic E-state index is -5.09. The second kappa shape index (κ2) is 13.9. The molecule has 0 aromatic heterocycles. The molecule has 0 aliphatic heterocycles. The van der Waals surface area contributed by atoms with E-state index in [0.29, 0.717) is 0 Å². The van der Waals surface area contributed by atoms with Crippen molar-refractivity contribution in [2.75, 3.05) is 5.32 Å². The van der Waals surface area contributed by atoms with Crippen LogP contribution in [0.5, 0.6) is 5.75 Å². The van der Waals surface area contributed by atoms with E-state index in [2.05, 4.69) is 15.5 Å². The molecule has 3 radical (unpaired) electrons. The Morgan fingerprint density at radius 1 is 0.763 bits per heavy atom. The second-order valence-corrected chi connectivity index (χ2v) is 11.2. The first-order valence-corrected chi connectivity index (χ1v) is 13.4. The van der Waals surface area contributed by atoms with Crippen molar-refractivity contribution in [2.24, 2.45) is 10.2 Å². The summed E-state index contributed by atoms with van der Waals surface area (Å²) in [7, 11) is -14.4. The number of rotatable bonds is 6. The van der Waals surface area contributed by atoms with Crippen LogP contribution < -0.4 is 5.32 Å². The fraction of sp³-hybridized carbons (Fsp3) is 0.0556. The van der Waals surface area contributed by atoms with Gasteiger partial charge in [-0.15, -0.1) is 5.11 Å². The number of hydrogen-bond donors (Lipinski definition) is 5. The summed E-state index contributed by atoms with van der Waals surface area (Å²) in [5.41, 5.74) is -1.19. The van der Waals surface area contributed by atoms with Crippen molar-refractivity contribution in [1.29, 1.82) is 0 Å². The largest absolute Gasteiger partial charge is 0.505 e. The molecular weight excluding hydrogens is 599 g/mol. The average Bonchev–Trinajstić information content (AvgIpc) is 2.70. The fourth-order valence-electron chi connectivity index (χ4n) is 2.98. The van der Waals surface area contributed by atoms with Crippen molar-refractivity contribution in [3.8, 4) is 5.75 Å². The number of benzene rings is 3. The van der Waals surface area contributed by atoms with Crippen molar-refractivity contribution in [2.45, 2.75) is 21.6 Å². The van der Waals surface area contributed by atoms with Crippen LogP contribution in [-0.4, -0.2) is 139 Å². The van der Waals surface area contributed by atoms with Gasteiger partial charge in [0, 0.05) is 101 Å². The summed E-state index contributed by atoms with van der Waals surface area (Å²) in [4.78, 5) is 9.40. The first-order valence-electron chi connectivity index (χ1n) is 9.04. The maximum absolute atomic E-state index is 12.0. The number of amides is 1. The summed E-state index contributed by atoms with van der Waals surface area (Å²) in [6.45, 7) is 1.06. The molecule has 5 N–H and O–H groups in total. The molecule has 0 spiro atoms. The van der Waals surface area contributed by atoms with Gasteiger partial charge >= 0.3 is 0 Å². The van der Waals surface area contributed by atoms with Gasteiger partial charge in [0.1, 0.15) is 10.6 Å². The zero-order valence-electron chi connectivity index (χ0n) is 20.3. The Bertz CT molecular complexity index is 1730. The summed E-state index contributed by atoms with van der Waals surface area (Å²) >= 11 is 0. The molecule has 1 amide bonds. The Kier molecular flexibility index (Phi) is 13.8. The molecule has 0 saturated carbocycles. The number of carbonyl (C=O) groups excluding carboxylic acids is 1. The van der Waals surface area contributed by atoms with E-state index >= 15 is 0 Å². The van der Waals surface area contributed by atoms with Crippen LogP contribution in [0.2, 0.25) is 0 Å². The fourth-order valence-corrected chi connectivity index (χ4v) is 4.66. The summed E-state index contributed by atoms with van der Waals surface area (Å²) in [5, 5.41) is 19.7. The first kappa shape index (κ1) is 37.5. The maximum Gasteiger partial charge on any atom is 0.296 e. The van der Waals surface area contributed by atoms with E-state index in [9.17, 15) is 44.3 Å². The van der Waals surface area contributed by atoms with Crippen LogP contribution in [0.3, 0.4) is 0 Å². The number of hydrogen-bond acceptors (Lipinski definition) is 10. The molecule has 14 nitrogen and oxygen atoms in total. The summed E-state index contributed by atoms with van der Waals surface area (Å²) in [6.07, 6.45) is 0. The number of phenols is 1. The normalized spacial score (nSPS) is 11.8. The van der Waals surface area contributed by atoms with Gasteiger partial charge in [-0.1, -0.05) is 0 Å². The van der Waals surface area contributed by atoms with Crippen LogP contribution in [0.4, 0.5) is 17.1 Å². The molecule has 0 unspecified atom stereocenters. The molecule has 0 bridgehead atoms. The third kappa shape index (κ3) is 9.02. The van der Waals surface area contributed by atoms with Crippen molar-refractivity contribution in [3.63, 3.8) is 0 Å². The van der Waals surface area contributed by atoms with Crippen LogP contribution in [0.1, 0.15) is 6.92 Å². The second-order valence-electron chi connectivity index (χ2n) is 6.94. The van der Waals surface area contributed by atoms with Crippen LogP contribution in [-0.2, 0) is 35.1 Å². The Morgan fingerprint density at radius 3 is 1.74 bits per heavy atom. The number of fused-ring (bicyclic) bond motifs is 1. The molecule has 0 fully saturated rings. The van der Waals surface area contributed by atoms with Crippen molar-refractivity contribution < 1.29 is 48.8 Å². The monoisotopic (exact) mass is 614 g/mol. The smallest absolute Gasteiger partial charge is 0.296 e. The van der Waals surface area contributed by atoms with Crippen LogP contribution >= 0.6 is 0 Å². The molecule has 3 rings (SSSR count). The number of nitrogens with one attached hydrogen (secondary N) is 1. The maximum atomic E-state index is 12.0. The number of anilines is 1. The van der Waals surface area contributed by atoms with E-state index in [4.69, 9.17) is 4.55 Å². The molecule has 0 aliphatic rings. The number of nitrogens with zero attached hydrogens (tertiary/aromatic N) is 2.